The Morgan fingerprint density at radius 2 is 1.58 bits per heavy atom. The Morgan fingerprint density at radius 1 is 1.17 bits per heavy atom. The van der Waals surface area contributed by atoms with Crippen LogP contribution in [0.5, 0.6) is 0 Å². The van der Waals surface area contributed by atoms with Crippen LogP contribution in [-0.4, -0.2) is 44.9 Å². The highest BCUT2D eigenvalue weighted by Gasteiger charge is 2.26. The Bertz CT molecular complexity index is 145. The van der Waals surface area contributed by atoms with Gasteiger partial charge in [0.1, 0.15) is 25.4 Å². The Morgan fingerprint density at radius 3 is 1.92 bits per heavy atom. The van der Waals surface area contributed by atoms with Gasteiger partial charge in [-0.3, -0.25) is 0 Å². The van der Waals surface area contributed by atoms with Crippen molar-refractivity contribution in [3.8, 4) is 0 Å². The van der Waals surface area contributed by atoms with Crippen molar-refractivity contribution in [3.05, 3.63) is 0 Å². The van der Waals surface area contributed by atoms with Crippen molar-refractivity contribution >= 4 is 17.5 Å². The molecule has 0 aliphatic carbocycles. The largest absolute Gasteiger partial charge is 0.454 e. The van der Waals surface area contributed by atoms with Crippen LogP contribution >= 0.6 is 12.2 Å². The zero-order valence-corrected chi connectivity index (χ0v) is 7.93. The van der Waals surface area contributed by atoms with Gasteiger partial charge in [0.2, 0.25) is 0 Å². The lowest BCUT2D eigenvalue weighted by Crippen LogP contribution is -2.34. The van der Waals surface area contributed by atoms with E-state index in [-0.39, 0.29) is 17.4 Å². The molecule has 12 heavy (non-hydrogen) atoms. The summed E-state index contributed by atoms with van der Waals surface area (Å²) in [5, 5.41) is 0.164. The van der Waals surface area contributed by atoms with Crippen LogP contribution < -0.4 is 0 Å². The molecule has 1 aliphatic heterocycles. The highest BCUT2D eigenvalue weighted by molar-refractivity contribution is 7.79. The zero-order valence-electron chi connectivity index (χ0n) is 7.11. The first-order chi connectivity index (χ1) is 5.77. The maximum atomic E-state index is 5.13. The topological polar surface area (TPSA) is 36.9 Å². The van der Waals surface area contributed by atoms with Gasteiger partial charge in [0.25, 0.3) is 0 Å². The minimum atomic E-state index is -0.115. The standard InChI is InChI=1S/C7H12O4S/c1-8-5-3-10-7(12)11-4-6(5)9-2/h5-6H,3-4H2,1-2H3/t5-,6-/m0/s1. The Balaban J connectivity index is 2.52. The average Bonchev–Trinajstić information content (AvgIpc) is 2.27. The molecule has 4 nitrogen and oxygen atoms in total. The SMILES string of the molecule is CO[C@H]1COC(=S)OC[C@@H]1OC. The molecule has 2 atom stereocenters. The van der Waals surface area contributed by atoms with Crippen molar-refractivity contribution in [2.45, 2.75) is 12.2 Å². The van der Waals surface area contributed by atoms with E-state index in [0.717, 1.165) is 0 Å². The Hall–Kier alpha value is -0.390. The van der Waals surface area contributed by atoms with Gasteiger partial charge in [0.05, 0.1) is 0 Å². The van der Waals surface area contributed by atoms with E-state index in [1.165, 1.54) is 0 Å². The average molecular weight is 192 g/mol. The van der Waals surface area contributed by atoms with Crippen LogP contribution in [0.15, 0.2) is 0 Å². The van der Waals surface area contributed by atoms with Gasteiger partial charge in [0, 0.05) is 26.4 Å². The summed E-state index contributed by atoms with van der Waals surface area (Å²) in [6.07, 6.45) is -0.231. The van der Waals surface area contributed by atoms with Crippen molar-refractivity contribution in [2.24, 2.45) is 0 Å². The molecule has 0 spiro atoms. The summed E-state index contributed by atoms with van der Waals surface area (Å²) < 4.78 is 20.4. The van der Waals surface area contributed by atoms with Crippen LogP contribution in [0.1, 0.15) is 0 Å². The van der Waals surface area contributed by atoms with E-state index in [1.807, 2.05) is 0 Å². The fourth-order valence-electron chi connectivity index (χ4n) is 0.996. The smallest absolute Gasteiger partial charge is 0.352 e. The monoisotopic (exact) mass is 192 g/mol. The van der Waals surface area contributed by atoms with Crippen molar-refractivity contribution in [1.82, 2.24) is 0 Å². The summed E-state index contributed by atoms with van der Waals surface area (Å²) in [5.41, 5.74) is 0. The van der Waals surface area contributed by atoms with Crippen LogP contribution in [0.3, 0.4) is 0 Å². The maximum absolute atomic E-state index is 5.13. The van der Waals surface area contributed by atoms with Crippen LogP contribution in [0, 0.1) is 0 Å². The second-order valence-corrected chi connectivity index (χ2v) is 2.75. The molecule has 0 bridgehead atoms. The molecule has 1 rings (SSSR count). The van der Waals surface area contributed by atoms with Gasteiger partial charge >= 0.3 is 5.24 Å². The molecule has 0 amide bonds. The Kier molecular flexibility index (Phi) is 3.71. The number of rotatable bonds is 2. The third-order valence-electron chi connectivity index (χ3n) is 1.75. The van der Waals surface area contributed by atoms with E-state index in [0.29, 0.717) is 13.2 Å². The van der Waals surface area contributed by atoms with Gasteiger partial charge in [-0.15, -0.1) is 0 Å². The normalized spacial score (nSPS) is 30.3. The third-order valence-corrected chi connectivity index (χ3v) is 1.99. The van der Waals surface area contributed by atoms with Gasteiger partial charge in [-0.2, -0.15) is 0 Å². The molecule has 0 N–H and O–H groups in total. The van der Waals surface area contributed by atoms with E-state index in [4.69, 9.17) is 31.2 Å². The number of hydrogen-bond donors (Lipinski definition) is 0. The molecular weight excluding hydrogens is 180 g/mol. The lowest BCUT2D eigenvalue weighted by atomic mass is 10.2. The molecule has 70 valence electrons. The first-order valence-corrected chi connectivity index (χ1v) is 4.04. The summed E-state index contributed by atoms with van der Waals surface area (Å²) >= 11 is 4.74. The van der Waals surface area contributed by atoms with Crippen molar-refractivity contribution in [1.29, 1.82) is 0 Å². The molecule has 1 fully saturated rings. The van der Waals surface area contributed by atoms with E-state index in [1.54, 1.807) is 14.2 Å². The quantitative estimate of drug-likeness (QED) is 0.590. The molecule has 0 aromatic carbocycles. The third kappa shape index (κ3) is 2.30. The molecular formula is C7H12O4S. The number of hydrogen-bond acceptors (Lipinski definition) is 5. The summed E-state index contributed by atoms with van der Waals surface area (Å²) in [6.45, 7) is 0.766. The maximum Gasteiger partial charge on any atom is 0.352 e. The van der Waals surface area contributed by atoms with E-state index in [2.05, 4.69) is 0 Å². The summed E-state index contributed by atoms with van der Waals surface area (Å²) in [4.78, 5) is 0. The molecule has 5 heteroatoms. The minimum Gasteiger partial charge on any atom is -0.454 e. The molecule has 0 saturated carbocycles. The highest BCUT2D eigenvalue weighted by Crippen LogP contribution is 2.09. The molecule has 0 aromatic rings. The van der Waals surface area contributed by atoms with Gasteiger partial charge < -0.3 is 18.9 Å². The van der Waals surface area contributed by atoms with Crippen molar-refractivity contribution in [3.63, 3.8) is 0 Å². The second-order valence-electron chi connectivity index (χ2n) is 2.42. The lowest BCUT2D eigenvalue weighted by Gasteiger charge is -2.19. The molecule has 1 heterocycles. The number of ether oxygens (including phenoxy) is 4. The van der Waals surface area contributed by atoms with E-state index < -0.39 is 0 Å². The van der Waals surface area contributed by atoms with Crippen molar-refractivity contribution in [2.75, 3.05) is 27.4 Å². The first-order valence-electron chi connectivity index (χ1n) is 3.63. The number of methoxy groups -OCH3 is 2. The van der Waals surface area contributed by atoms with Gasteiger partial charge in [-0.05, 0) is 0 Å². The van der Waals surface area contributed by atoms with Crippen LogP contribution in [0.2, 0.25) is 0 Å². The second kappa shape index (κ2) is 4.59. The zero-order chi connectivity index (χ0) is 8.97. The van der Waals surface area contributed by atoms with E-state index in [9.17, 15) is 0 Å². The molecule has 0 unspecified atom stereocenters. The highest BCUT2D eigenvalue weighted by atomic mass is 32.1. The fraction of sp³-hybridized carbons (Fsp3) is 0.857. The van der Waals surface area contributed by atoms with Crippen LogP contribution in [-0.2, 0) is 18.9 Å². The molecule has 1 aliphatic rings. The molecule has 0 aromatic heterocycles. The minimum absolute atomic E-state index is 0.115. The lowest BCUT2D eigenvalue weighted by molar-refractivity contribution is -0.0564. The summed E-state index contributed by atoms with van der Waals surface area (Å²) in [7, 11) is 3.21. The summed E-state index contributed by atoms with van der Waals surface area (Å²) in [5.74, 6) is 0. The van der Waals surface area contributed by atoms with Gasteiger partial charge in [-0.25, -0.2) is 0 Å². The fourth-order valence-corrected chi connectivity index (χ4v) is 1.13. The van der Waals surface area contributed by atoms with Crippen LogP contribution in [0.4, 0.5) is 0 Å². The van der Waals surface area contributed by atoms with E-state index >= 15 is 0 Å². The molecule has 1 saturated heterocycles. The molecule has 0 radical (unpaired) electrons. The predicted octanol–water partition coefficient (Wildman–Crippen LogP) is 0.348. The van der Waals surface area contributed by atoms with Gasteiger partial charge in [0.15, 0.2) is 0 Å². The summed E-state index contributed by atoms with van der Waals surface area (Å²) in [6, 6.07) is 0. The van der Waals surface area contributed by atoms with Crippen molar-refractivity contribution < 1.29 is 18.9 Å². The Labute approximate surface area is 76.7 Å². The van der Waals surface area contributed by atoms with Gasteiger partial charge in [-0.1, -0.05) is 0 Å². The first kappa shape index (κ1) is 9.70. The predicted molar refractivity (Wildman–Crippen MR) is 46.1 cm³/mol. The number of thiocarbonyl (C=S) groups is 1. The van der Waals surface area contributed by atoms with Crippen LogP contribution in [0.25, 0.3) is 0 Å².